The minimum absolute atomic E-state index is 0.0334. The number of carboxylic acids is 1. The van der Waals surface area contributed by atoms with Crippen LogP contribution in [0.25, 0.3) is 0 Å². The van der Waals surface area contributed by atoms with Crippen molar-refractivity contribution in [1.82, 2.24) is 5.32 Å². The first-order chi connectivity index (χ1) is 8.67. The average Bonchev–Trinajstić information content (AvgIpc) is 2.94. The van der Waals surface area contributed by atoms with Gasteiger partial charge in [0.25, 0.3) is 0 Å². The van der Waals surface area contributed by atoms with Crippen LogP contribution in [0.1, 0.15) is 24.0 Å². The second-order valence-electron chi connectivity index (χ2n) is 3.95. The quantitative estimate of drug-likeness (QED) is 0.722. The summed E-state index contributed by atoms with van der Waals surface area (Å²) in [7, 11) is 0. The largest absolute Gasteiger partial charge is 0.480 e. The van der Waals surface area contributed by atoms with Crippen LogP contribution in [0, 0.1) is 11.3 Å². The molecule has 1 aliphatic rings. The van der Waals surface area contributed by atoms with Gasteiger partial charge in [0.15, 0.2) is 0 Å². The highest BCUT2D eigenvalue weighted by Gasteiger charge is 2.20. The number of benzene rings is 1. The molecule has 3 N–H and O–H groups in total. The van der Waals surface area contributed by atoms with Gasteiger partial charge in [-0.15, -0.1) is 0 Å². The first-order valence-electron chi connectivity index (χ1n) is 5.73. The molecule has 96 valence electrons. The molecule has 1 unspecified atom stereocenters. The Kier molecular flexibility index (Phi) is 5.85. The van der Waals surface area contributed by atoms with Gasteiger partial charge >= 0.3 is 5.97 Å². The van der Waals surface area contributed by atoms with Gasteiger partial charge in [-0.05, 0) is 37.1 Å². The van der Waals surface area contributed by atoms with Crippen LogP contribution >= 0.6 is 0 Å². The third kappa shape index (κ3) is 4.53. The Morgan fingerprint density at radius 2 is 2.11 bits per heavy atom. The predicted octanol–water partition coefficient (Wildman–Crippen LogP) is 0.874. The average molecular weight is 248 g/mol. The zero-order chi connectivity index (χ0) is 13.4. The zero-order valence-corrected chi connectivity index (χ0v) is 9.97. The molecule has 18 heavy (non-hydrogen) atoms. The number of aliphatic hydroxyl groups excluding tert-OH is 1. The maximum Gasteiger partial charge on any atom is 0.320 e. The number of nitrogens with one attached hydrogen (secondary N) is 1. The maximum absolute atomic E-state index is 10.1. The van der Waals surface area contributed by atoms with E-state index in [4.69, 9.17) is 15.5 Å². The topological polar surface area (TPSA) is 93.3 Å². The molecule has 0 radical (unpaired) electrons. The number of carboxylic acid groups (broad SMARTS) is 1. The fourth-order valence-electron chi connectivity index (χ4n) is 1.58. The van der Waals surface area contributed by atoms with Gasteiger partial charge in [0.05, 0.1) is 18.2 Å². The first-order valence-corrected chi connectivity index (χ1v) is 5.73. The Bertz CT molecular complexity index is 417. The Morgan fingerprint density at radius 1 is 1.44 bits per heavy atom. The molecule has 0 aromatic heterocycles. The molecule has 2 rings (SSSR count). The van der Waals surface area contributed by atoms with E-state index in [1.54, 1.807) is 24.3 Å². The summed E-state index contributed by atoms with van der Waals surface area (Å²) in [6.45, 7) is 0.892. The highest BCUT2D eigenvalue weighted by molar-refractivity contribution is 5.73. The Hall–Kier alpha value is -1.90. The Morgan fingerprint density at radius 3 is 2.44 bits per heavy atom. The zero-order valence-electron chi connectivity index (χ0n) is 9.97. The lowest BCUT2D eigenvalue weighted by Gasteiger charge is -1.99. The summed E-state index contributed by atoms with van der Waals surface area (Å²) in [5.74, 6) is -0.720. The summed E-state index contributed by atoms with van der Waals surface area (Å²) < 4.78 is 0. The van der Waals surface area contributed by atoms with E-state index < -0.39 is 5.97 Å². The van der Waals surface area contributed by atoms with E-state index in [2.05, 4.69) is 5.32 Å². The molecule has 0 amide bonds. The van der Waals surface area contributed by atoms with Crippen LogP contribution in [-0.2, 0) is 11.4 Å². The molecule has 1 aromatic carbocycles. The Balaban J connectivity index is 0.000000184. The number of carbonyl (C=O) groups is 1. The second kappa shape index (κ2) is 7.43. The fourth-order valence-corrected chi connectivity index (χ4v) is 1.58. The van der Waals surface area contributed by atoms with Crippen molar-refractivity contribution in [2.75, 3.05) is 6.54 Å². The van der Waals surface area contributed by atoms with E-state index in [1.165, 1.54) is 0 Å². The SMILES string of the molecule is N#Cc1ccc(CO)cc1.O=C(O)C1CCCN1. The monoisotopic (exact) mass is 248 g/mol. The van der Waals surface area contributed by atoms with E-state index in [1.807, 2.05) is 6.07 Å². The molecule has 1 fully saturated rings. The van der Waals surface area contributed by atoms with Crippen molar-refractivity contribution < 1.29 is 15.0 Å². The van der Waals surface area contributed by atoms with Gasteiger partial charge in [-0.2, -0.15) is 5.26 Å². The fraction of sp³-hybridized carbons (Fsp3) is 0.385. The van der Waals surface area contributed by atoms with Crippen molar-refractivity contribution in [3.63, 3.8) is 0 Å². The smallest absolute Gasteiger partial charge is 0.320 e. The van der Waals surface area contributed by atoms with Gasteiger partial charge < -0.3 is 15.5 Å². The van der Waals surface area contributed by atoms with Crippen molar-refractivity contribution in [3.05, 3.63) is 35.4 Å². The molecule has 1 atom stereocenters. The maximum atomic E-state index is 10.1. The summed E-state index contributed by atoms with van der Waals surface area (Å²) in [4.78, 5) is 10.1. The van der Waals surface area contributed by atoms with Gasteiger partial charge in [-0.25, -0.2) is 0 Å². The van der Waals surface area contributed by atoms with E-state index >= 15 is 0 Å². The van der Waals surface area contributed by atoms with Crippen LogP contribution in [0.3, 0.4) is 0 Å². The van der Waals surface area contributed by atoms with Gasteiger partial charge in [0.2, 0.25) is 0 Å². The summed E-state index contributed by atoms with van der Waals surface area (Å²) in [6.07, 6.45) is 1.78. The Labute approximate surface area is 106 Å². The predicted molar refractivity (Wildman–Crippen MR) is 65.7 cm³/mol. The molecule has 0 bridgehead atoms. The molecular formula is C13H16N2O3. The summed E-state index contributed by atoms with van der Waals surface area (Å²) in [6, 6.07) is 8.57. The minimum atomic E-state index is -0.720. The van der Waals surface area contributed by atoms with Crippen LogP contribution in [-0.4, -0.2) is 28.8 Å². The van der Waals surface area contributed by atoms with Gasteiger partial charge in [-0.3, -0.25) is 4.79 Å². The summed E-state index contributed by atoms with van der Waals surface area (Å²) in [5.41, 5.74) is 1.45. The number of hydrogen-bond acceptors (Lipinski definition) is 4. The number of aliphatic carboxylic acids is 1. The van der Waals surface area contributed by atoms with Crippen molar-refractivity contribution in [2.45, 2.75) is 25.5 Å². The number of aliphatic hydroxyl groups is 1. The number of hydrogen-bond donors (Lipinski definition) is 3. The van der Waals surface area contributed by atoms with Crippen molar-refractivity contribution in [2.24, 2.45) is 0 Å². The summed E-state index contributed by atoms with van der Waals surface area (Å²) >= 11 is 0. The molecule has 5 heteroatoms. The number of nitriles is 1. The van der Waals surface area contributed by atoms with Gasteiger partial charge in [-0.1, -0.05) is 12.1 Å². The van der Waals surface area contributed by atoms with Gasteiger partial charge in [0.1, 0.15) is 6.04 Å². The van der Waals surface area contributed by atoms with Crippen LogP contribution < -0.4 is 5.32 Å². The second-order valence-corrected chi connectivity index (χ2v) is 3.95. The molecule has 1 saturated heterocycles. The first kappa shape index (κ1) is 14.2. The lowest BCUT2D eigenvalue weighted by molar-refractivity contribution is -0.139. The molecule has 0 spiro atoms. The highest BCUT2D eigenvalue weighted by Crippen LogP contribution is 2.03. The number of nitrogens with zero attached hydrogens (tertiary/aromatic N) is 1. The van der Waals surface area contributed by atoms with E-state index in [9.17, 15) is 4.79 Å². The van der Waals surface area contributed by atoms with Crippen LogP contribution in [0.15, 0.2) is 24.3 Å². The van der Waals surface area contributed by atoms with Crippen LogP contribution in [0.4, 0.5) is 0 Å². The number of rotatable bonds is 2. The van der Waals surface area contributed by atoms with Crippen molar-refractivity contribution >= 4 is 5.97 Å². The lowest BCUT2D eigenvalue weighted by atomic mass is 10.2. The standard InChI is InChI=1S/C8H7NO.C5H9NO2/c9-5-7-1-3-8(6-10)4-2-7;7-5(8)4-2-1-3-6-4/h1-4,10H,6H2;4,6H,1-3H2,(H,7,8). The van der Waals surface area contributed by atoms with Crippen LogP contribution in [0.5, 0.6) is 0 Å². The molecule has 5 nitrogen and oxygen atoms in total. The lowest BCUT2D eigenvalue weighted by Crippen LogP contribution is -2.29. The third-order valence-electron chi connectivity index (χ3n) is 2.62. The normalized spacial score (nSPS) is 17.4. The highest BCUT2D eigenvalue weighted by atomic mass is 16.4. The molecular weight excluding hydrogens is 232 g/mol. The molecule has 0 saturated carbocycles. The minimum Gasteiger partial charge on any atom is -0.480 e. The third-order valence-corrected chi connectivity index (χ3v) is 2.62. The van der Waals surface area contributed by atoms with Crippen molar-refractivity contribution in [1.29, 1.82) is 5.26 Å². The van der Waals surface area contributed by atoms with E-state index in [0.29, 0.717) is 5.56 Å². The van der Waals surface area contributed by atoms with Crippen molar-refractivity contribution in [3.8, 4) is 6.07 Å². The molecule has 1 heterocycles. The molecule has 1 aliphatic heterocycles. The van der Waals surface area contributed by atoms with E-state index in [-0.39, 0.29) is 12.6 Å². The summed E-state index contributed by atoms with van der Waals surface area (Å²) in [5, 5.41) is 28.2. The van der Waals surface area contributed by atoms with Crippen LogP contribution in [0.2, 0.25) is 0 Å². The molecule has 0 aliphatic carbocycles. The molecule has 1 aromatic rings. The van der Waals surface area contributed by atoms with E-state index in [0.717, 1.165) is 24.9 Å². The van der Waals surface area contributed by atoms with Gasteiger partial charge in [0, 0.05) is 0 Å².